The molecule has 0 aliphatic heterocycles. The molecular weight excluding hydrogens is 254 g/mol. The van der Waals surface area contributed by atoms with Crippen LogP contribution in [0.2, 0.25) is 0 Å². The molecule has 0 aliphatic rings. The van der Waals surface area contributed by atoms with Gasteiger partial charge in [0.05, 0.1) is 5.56 Å². The molecule has 20 heavy (non-hydrogen) atoms. The number of aryl methyl sites for hydroxylation is 2. The second-order valence-corrected chi connectivity index (χ2v) is 5.01. The maximum Gasteiger partial charge on any atom is 0.330 e. The summed E-state index contributed by atoms with van der Waals surface area (Å²) in [6.07, 6.45) is 1.59. The van der Waals surface area contributed by atoms with Gasteiger partial charge in [-0.2, -0.15) is 0 Å². The highest BCUT2D eigenvalue weighted by molar-refractivity contribution is 5.53. The Morgan fingerprint density at radius 1 is 1.15 bits per heavy atom. The quantitative estimate of drug-likeness (QED) is 0.917. The molecule has 106 valence electrons. The zero-order chi connectivity index (χ0) is 14.9. The molecule has 2 aromatic rings. The summed E-state index contributed by atoms with van der Waals surface area (Å²) in [6.45, 7) is 4.48. The third-order valence-electron chi connectivity index (χ3n) is 3.59. The Kier molecular flexibility index (Phi) is 3.79. The molecule has 0 unspecified atom stereocenters. The van der Waals surface area contributed by atoms with Gasteiger partial charge in [-0.3, -0.25) is 9.36 Å². The molecule has 0 saturated carbocycles. The molecule has 0 bridgehead atoms. The molecular formula is C15H19N3O2. The lowest BCUT2D eigenvalue weighted by Gasteiger charge is -2.12. The minimum absolute atomic E-state index is 0.258. The van der Waals surface area contributed by atoms with Crippen molar-refractivity contribution in [3.63, 3.8) is 0 Å². The molecule has 0 amide bonds. The number of benzene rings is 1. The Hall–Kier alpha value is -2.30. The predicted octanol–water partition coefficient (Wildman–Crippen LogP) is 1.31. The number of nitrogens with one attached hydrogen (secondary N) is 1. The van der Waals surface area contributed by atoms with Gasteiger partial charge in [0.15, 0.2) is 0 Å². The maximum absolute atomic E-state index is 12.0. The highest BCUT2D eigenvalue weighted by Crippen LogP contribution is 2.18. The summed E-state index contributed by atoms with van der Waals surface area (Å²) in [5, 5.41) is 3.26. The largest absolute Gasteiger partial charge is 0.380 e. The number of hydrogen-bond donors (Lipinski definition) is 1. The number of rotatable bonds is 3. The minimum atomic E-state index is -0.314. The fraction of sp³-hybridized carbons (Fsp3) is 0.333. The van der Waals surface area contributed by atoms with E-state index in [2.05, 4.69) is 5.32 Å². The van der Waals surface area contributed by atoms with Crippen LogP contribution in [0.5, 0.6) is 0 Å². The van der Waals surface area contributed by atoms with Crippen LogP contribution in [0.1, 0.15) is 16.7 Å². The lowest BCUT2D eigenvalue weighted by atomic mass is 10.1. The van der Waals surface area contributed by atoms with Gasteiger partial charge in [-0.15, -0.1) is 0 Å². The molecule has 1 heterocycles. The number of hydrogen-bond acceptors (Lipinski definition) is 3. The van der Waals surface area contributed by atoms with Gasteiger partial charge in [-0.1, -0.05) is 12.1 Å². The number of nitrogens with zero attached hydrogens (tertiary/aromatic N) is 2. The van der Waals surface area contributed by atoms with Crippen molar-refractivity contribution in [2.24, 2.45) is 14.1 Å². The first-order valence-electron chi connectivity index (χ1n) is 6.47. The molecule has 0 atom stereocenters. The van der Waals surface area contributed by atoms with Gasteiger partial charge in [-0.25, -0.2) is 4.79 Å². The van der Waals surface area contributed by atoms with Crippen LogP contribution in [-0.2, 0) is 20.6 Å². The topological polar surface area (TPSA) is 56.0 Å². The average Bonchev–Trinajstić information content (AvgIpc) is 2.43. The summed E-state index contributed by atoms with van der Waals surface area (Å²) in [5.41, 5.74) is 3.35. The van der Waals surface area contributed by atoms with E-state index in [1.807, 2.05) is 32.0 Å². The van der Waals surface area contributed by atoms with Crippen molar-refractivity contribution in [2.45, 2.75) is 20.4 Å². The van der Waals surface area contributed by atoms with Crippen LogP contribution in [0.25, 0.3) is 0 Å². The van der Waals surface area contributed by atoms with Gasteiger partial charge < -0.3 is 9.88 Å². The summed E-state index contributed by atoms with van der Waals surface area (Å²) in [6, 6.07) is 6.00. The van der Waals surface area contributed by atoms with Gasteiger partial charge in [0.1, 0.15) is 0 Å². The second-order valence-electron chi connectivity index (χ2n) is 5.01. The monoisotopic (exact) mass is 273 g/mol. The van der Waals surface area contributed by atoms with Crippen LogP contribution in [-0.4, -0.2) is 9.13 Å². The third kappa shape index (κ3) is 2.52. The molecule has 5 nitrogen and oxygen atoms in total. The van der Waals surface area contributed by atoms with E-state index in [0.29, 0.717) is 12.1 Å². The van der Waals surface area contributed by atoms with Crippen molar-refractivity contribution in [1.82, 2.24) is 9.13 Å². The van der Waals surface area contributed by atoms with Crippen LogP contribution < -0.4 is 16.6 Å². The Bertz CT molecular complexity index is 757. The molecule has 1 N–H and O–H groups in total. The summed E-state index contributed by atoms with van der Waals surface area (Å²) >= 11 is 0. The third-order valence-corrected chi connectivity index (χ3v) is 3.59. The van der Waals surface area contributed by atoms with Crippen LogP contribution >= 0.6 is 0 Å². The van der Waals surface area contributed by atoms with E-state index in [-0.39, 0.29) is 11.2 Å². The van der Waals surface area contributed by atoms with E-state index in [0.717, 1.165) is 15.8 Å². The normalized spacial score (nSPS) is 10.6. The van der Waals surface area contributed by atoms with E-state index in [4.69, 9.17) is 0 Å². The van der Waals surface area contributed by atoms with E-state index < -0.39 is 0 Å². The van der Waals surface area contributed by atoms with Crippen LogP contribution in [0.3, 0.4) is 0 Å². The van der Waals surface area contributed by atoms with Gasteiger partial charge in [0, 0.05) is 32.5 Å². The predicted molar refractivity (Wildman–Crippen MR) is 80.2 cm³/mol. The zero-order valence-electron chi connectivity index (χ0n) is 12.2. The standard InChI is InChI=1S/C15H19N3O2/c1-10-6-5-7-13(11(10)2)16-8-12-9-17(3)15(20)18(4)14(12)19/h5-7,9,16H,8H2,1-4H3. The molecule has 0 radical (unpaired) electrons. The summed E-state index contributed by atoms with van der Waals surface area (Å²) in [5.74, 6) is 0. The van der Waals surface area contributed by atoms with Crippen molar-refractivity contribution in [3.05, 3.63) is 61.9 Å². The van der Waals surface area contributed by atoms with Crippen molar-refractivity contribution in [3.8, 4) is 0 Å². The molecule has 0 fully saturated rings. The lowest BCUT2D eigenvalue weighted by Crippen LogP contribution is -2.38. The highest BCUT2D eigenvalue weighted by atomic mass is 16.2. The first-order chi connectivity index (χ1) is 9.41. The first-order valence-corrected chi connectivity index (χ1v) is 6.47. The van der Waals surface area contributed by atoms with Gasteiger partial charge in [0.25, 0.3) is 5.56 Å². The number of aromatic nitrogens is 2. The van der Waals surface area contributed by atoms with Crippen molar-refractivity contribution in [1.29, 1.82) is 0 Å². The molecule has 2 rings (SSSR count). The fourth-order valence-corrected chi connectivity index (χ4v) is 2.14. The molecule has 1 aromatic heterocycles. The van der Waals surface area contributed by atoms with E-state index in [9.17, 15) is 9.59 Å². The Balaban J connectivity index is 2.31. The SMILES string of the molecule is Cc1cccc(NCc2cn(C)c(=O)n(C)c2=O)c1C. The fourth-order valence-electron chi connectivity index (χ4n) is 2.14. The van der Waals surface area contributed by atoms with Crippen molar-refractivity contribution >= 4 is 5.69 Å². The van der Waals surface area contributed by atoms with Crippen molar-refractivity contribution < 1.29 is 0 Å². The Morgan fingerprint density at radius 2 is 1.85 bits per heavy atom. The molecule has 0 saturated heterocycles. The zero-order valence-corrected chi connectivity index (χ0v) is 12.2. The summed E-state index contributed by atoms with van der Waals surface area (Å²) in [7, 11) is 3.13. The van der Waals surface area contributed by atoms with Crippen LogP contribution in [0.4, 0.5) is 5.69 Å². The second kappa shape index (κ2) is 5.36. The van der Waals surface area contributed by atoms with Gasteiger partial charge in [-0.05, 0) is 31.0 Å². The Labute approximate surface area is 117 Å². The van der Waals surface area contributed by atoms with Crippen LogP contribution in [0, 0.1) is 13.8 Å². The Morgan fingerprint density at radius 3 is 2.55 bits per heavy atom. The van der Waals surface area contributed by atoms with Crippen LogP contribution in [0.15, 0.2) is 34.0 Å². The minimum Gasteiger partial charge on any atom is -0.380 e. The van der Waals surface area contributed by atoms with Crippen molar-refractivity contribution in [2.75, 3.05) is 5.32 Å². The lowest BCUT2D eigenvalue weighted by molar-refractivity contribution is 0.671. The van der Waals surface area contributed by atoms with Gasteiger partial charge in [0.2, 0.25) is 0 Å². The van der Waals surface area contributed by atoms with E-state index in [1.54, 1.807) is 13.2 Å². The van der Waals surface area contributed by atoms with E-state index >= 15 is 0 Å². The summed E-state index contributed by atoms with van der Waals surface area (Å²) in [4.78, 5) is 23.6. The molecule has 0 aliphatic carbocycles. The van der Waals surface area contributed by atoms with Gasteiger partial charge >= 0.3 is 5.69 Å². The molecule has 5 heteroatoms. The average molecular weight is 273 g/mol. The summed E-state index contributed by atoms with van der Waals surface area (Å²) < 4.78 is 2.54. The highest BCUT2D eigenvalue weighted by Gasteiger charge is 2.07. The molecule has 0 spiro atoms. The smallest absolute Gasteiger partial charge is 0.330 e. The molecule has 1 aromatic carbocycles. The van der Waals surface area contributed by atoms with E-state index in [1.165, 1.54) is 17.2 Å². The number of anilines is 1. The maximum atomic E-state index is 12.0. The first kappa shape index (κ1) is 14.1.